The zero-order valence-corrected chi connectivity index (χ0v) is 11.9. The highest BCUT2D eigenvalue weighted by Crippen LogP contribution is 2.36. The molecule has 0 spiro atoms. The maximum Gasteiger partial charge on any atom is 0.189 e. The number of fused-ring (bicyclic) bond motifs is 1. The Balaban J connectivity index is 2.19. The molecule has 4 heteroatoms. The number of hydrogen-bond donors (Lipinski definition) is 1. The molecule has 0 aliphatic heterocycles. The first kappa shape index (κ1) is 13.4. The van der Waals surface area contributed by atoms with Gasteiger partial charge in [-0.25, -0.2) is 4.39 Å². The molecule has 0 saturated carbocycles. The number of benzene rings is 2. The number of ether oxygens (including phenoxy) is 1. The van der Waals surface area contributed by atoms with Gasteiger partial charge in [-0.05, 0) is 43.2 Å². The summed E-state index contributed by atoms with van der Waals surface area (Å²) in [4.78, 5) is 4.21. The lowest BCUT2D eigenvalue weighted by Crippen LogP contribution is -1.97. The maximum absolute atomic E-state index is 14.3. The SMILES string of the molecule is Cc1cccc(Oc2c(F)cc(N)c3cccnc23)c1C. The summed E-state index contributed by atoms with van der Waals surface area (Å²) >= 11 is 0. The number of hydrogen-bond acceptors (Lipinski definition) is 3. The molecule has 3 rings (SSSR count). The van der Waals surface area contributed by atoms with Crippen LogP contribution in [0.5, 0.6) is 11.5 Å². The summed E-state index contributed by atoms with van der Waals surface area (Å²) in [6.45, 7) is 3.92. The lowest BCUT2D eigenvalue weighted by Gasteiger charge is -2.13. The van der Waals surface area contributed by atoms with Crippen molar-refractivity contribution in [3.05, 3.63) is 59.5 Å². The van der Waals surface area contributed by atoms with Gasteiger partial charge in [0, 0.05) is 23.3 Å². The molecule has 106 valence electrons. The Morgan fingerprint density at radius 2 is 1.95 bits per heavy atom. The Morgan fingerprint density at radius 3 is 2.76 bits per heavy atom. The Hall–Kier alpha value is -2.62. The highest BCUT2D eigenvalue weighted by molar-refractivity contribution is 5.94. The van der Waals surface area contributed by atoms with E-state index in [0.29, 0.717) is 22.3 Å². The number of nitrogens with two attached hydrogens (primary N) is 1. The van der Waals surface area contributed by atoms with E-state index in [4.69, 9.17) is 10.5 Å². The van der Waals surface area contributed by atoms with E-state index in [1.165, 1.54) is 6.07 Å². The lowest BCUT2D eigenvalue weighted by molar-refractivity contribution is 0.444. The first-order valence-corrected chi connectivity index (χ1v) is 6.64. The molecule has 0 atom stereocenters. The third kappa shape index (κ3) is 2.29. The first-order chi connectivity index (χ1) is 10.1. The molecule has 3 aromatic rings. The number of nitrogen functional groups attached to an aromatic ring is 1. The van der Waals surface area contributed by atoms with Crippen molar-refractivity contribution >= 4 is 16.6 Å². The van der Waals surface area contributed by atoms with Gasteiger partial charge in [0.1, 0.15) is 11.3 Å². The van der Waals surface area contributed by atoms with Crippen LogP contribution in [0.3, 0.4) is 0 Å². The van der Waals surface area contributed by atoms with Crippen molar-refractivity contribution in [2.24, 2.45) is 0 Å². The van der Waals surface area contributed by atoms with E-state index in [9.17, 15) is 4.39 Å². The van der Waals surface area contributed by atoms with Crippen LogP contribution in [0.25, 0.3) is 10.9 Å². The highest BCUT2D eigenvalue weighted by Gasteiger charge is 2.15. The molecule has 21 heavy (non-hydrogen) atoms. The van der Waals surface area contributed by atoms with Crippen LogP contribution in [0.1, 0.15) is 11.1 Å². The number of anilines is 1. The number of pyridine rings is 1. The first-order valence-electron chi connectivity index (χ1n) is 6.64. The van der Waals surface area contributed by atoms with Crippen LogP contribution in [0.2, 0.25) is 0 Å². The predicted octanol–water partition coefficient (Wildman–Crippen LogP) is 4.37. The number of nitrogens with zero attached hydrogens (tertiary/aromatic N) is 1. The van der Waals surface area contributed by atoms with Crippen LogP contribution in [-0.2, 0) is 0 Å². The largest absolute Gasteiger partial charge is 0.452 e. The molecule has 0 unspecified atom stereocenters. The molecule has 0 fully saturated rings. The molecule has 3 nitrogen and oxygen atoms in total. The van der Waals surface area contributed by atoms with Crippen molar-refractivity contribution in [1.29, 1.82) is 0 Å². The van der Waals surface area contributed by atoms with E-state index in [0.717, 1.165) is 11.1 Å². The summed E-state index contributed by atoms with van der Waals surface area (Å²) in [5, 5.41) is 0.680. The summed E-state index contributed by atoms with van der Waals surface area (Å²) in [6.07, 6.45) is 1.59. The summed E-state index contributed by atoms with van der Waals surface area (Å²) in [5.74, 6) is 0.207. The standard InChI is InChI=1S/C17H15FN2O/c1-10-5-3-7-15(11(10)2)21-17-13(18)9-14(19)12-6-4-8-20-16(12)17/h3-9H,19H2,1-2H3. The molecule has 0 bridgehead atoms. The minimum atomic E-state index is -0.514. The van der Waals surface area contributed by atoms with Crippen LogP contribution in [0.15, 0.2) is 42.6 Å². The van der Waals surface area contributed by atoms with Crippen molar-refractivity contribution in [2.75, 3.05) is 5.73 Å². The van der Waals surface area contributed by atoms with Crippen LogP contribution < -0.4 is 10.5 Å². The Labute approximate surface area is 122 Å². The molecule has 2 aromatic carbocycles. The monoisotopic (exact) mass is 282 g/mol. The van der Waals surface area contributed by atoms with Crippen LogP contribution in [-0.4, -0.2) is 4.98 Å². The van der Waals surface area contributed by atoms with E-state index in [-0.39, 0.29) is 5.75 Å². The summed E-state index contributed by atoms with van der Waals surface area (Å²) < 4.78 is 20.0. The second-order valence-electron chi connectivity index (χ2n) is 4.98. The molecule has 0 aliphatic rings. The van der Waals surface area contributed by atoms with Crippen LogP contribution in [0.4, 0.5) is 10.1 Å². The van der Waals surface area contributed by atoms with Crippen molar-refractivity contribution in [3.8, 4) is 11.5 Å². The maximum atomic E-state index is 14.3. The summed E-state index contributed by atoms with van der Waals surface area (Å²) in [5.41, 5.74) is 8.67. The van der Waals surface area contributed by atoms with Crippen molar-refractivity contribution in [3.63, 3.8) is 0 Å². The molecule has 0 radical (unpaired) electrons. The van der Waals surface area contributed by atoms with Crippen molar-refractivity contribution in [1.82, 2.24) is 4.98 Å². The van der Waals surface area contributed by atoms with Gasteiger partial charge in [-0.3, -0.25) is 4.98 Å². The lowest BCUT2D eigenvalue weighted by atomic mass is 10.1. The zero-order chi connectivity index (χ0) is 15.0. The van der Waals surface area contributed by atoms with Gasteiger partial charge in [0.15, 0.2) is 11.6 Å². The Kier molecular flexibility index (Phi) is 3.22. The molecule has 1 heterocycles. The Bertz CT molecular complexity index is 830. The number of rotatable bonds is 2. The van der Waals surface area contributed by atoms with E-state index in [1.54, 1.807) is 18.3 Å². The fourth-order valence-electron chi connectivity index (χ4n) is 2.25. The van der Waals surface area contributed by atoms with Crippen LogP contribution in [0, 0.1) is 19.7 Å². The quantitative estimate of drug-likeness (QED) is 0.710. The molecule has 0 saturated heterocycles. The average Bonchev–Trinajstić information content (AvgIpc) is 2.47. The van der Waals surface area contributed by atoms with Gasteiger partial charge < -0.3 is 10.5 Å². The average molecular weight is 282 g/mol. The summed E-state index contributed by atoms with van der Waals surface area (Å²) in [7, 11) is 0. The number of aryl methyl sites for hydroxylation is 1. The van der Waals surface area contributed by atoms with Gasteiger partial charge in [0.05, 0.1) is 0 Å². The summed E-state index contributed by atoms with van der Waals surface area (Å²) in [6, 6.07) is 10.5. The number of halogens is 1. The fourth-order valence-corrected chi connectivity index (χ4v) is 2.25. The molecular weight excluding hydrogens is 267 g/mol. The third-order valence-corrected chi connectivity index (χ3v) is 3.60. The fraction of sp³-hybridized carbons (Fsp3) is 0.118. The van der Waals surface area contributed by atoms with Gasteiger partial charge in [0.25, 0.3) is 0 Å². The van der Waals surface area contributed by atoms with E-state index < -0.39 is 5.82 Å². The molecular formula is C17H15FN2O. The van der Waals surface area contributed by atoms with Crippen molar-refractivity contribution in [2.45, 2.75) is 13.8 Å². The topological polar surface area (TPSA) is 48.1 Å². The molecule has 0 amide bonds. The zero-order valence-electron chi connectivity index (χ0n) is 11.9. The Morgan fingerprint density at radius 1 is 1.14 bits per heavy atom. The van der Waals surface area contributed by atoms with Gasteiger partial charge in [-0.1, -0.05) is 12.1 Å². The van der Waals surface area contributed by atoms with E-state index in [2.05, 4.69) is 4.98 Å². The second kappa shape index (κ2) is 5.05. The van der Waals surface area contributed by atoms with Crippen molar-refractivity contribution < 1.29 is 9.13 Å². The molecule has 0 aliphatic carbocycles. The normalized spacial score (nSPS) is 10.8. The highest BCUT2D eigenvalue weighted by atomic mass is 19.1. The van der Waals surface area contributed by atoms with Crippen LogP contribution >= 0.6 is 0 Å². The number of aromatic nitrogens is 1. The minimum absolute atomic E-state index is 0.105. The van der Waals surface area contributed by atoms with E-state index in [1.807, 2.05) is 32.0 Å². The van der Waals surface area contributed by atoms with Gasteiger partial charge in [-0.15, -0.1) is 0 Å². The van der Waals surface area contributed by atoms with Gasteiger partial charge in [-0.2, -0.15) is 0 Å². The second-order valence-corrected chi connectivity index (χ2v) is 4.98. The molecule has 1 aromatic heterocycles. The molecule has 2 N–H and O–H groups in total. The van der Waals surface area contributed by atoms with E-state index >= 15 is 0 Å². The van der Waals surface area contributed by atoms with Gasteiger partial charge in [0.2, 0.25) is 0 Å². The third-order valence-electron chi connectivity index (χ3n) is 3.60. The smallest absolute Gasteiger partial charge is 0.189 e. The minimum Gasteiger partial charge on any atom is -0.452 e. The van der Waals surface area contributed by atoms with Gasteiger partial charge >= 0.3 is 0 Å². The predicted molar refractivity (Wildman–Crippen MR) is 82.1 cm³/mol.